The zero-order valence-electron chi connectivity index (χ0n) is 27.1. The number of hydrogen-bond donors (Lipinski definition) is 1. The van der Waals surface area contributed by atoms with Gasteiger partial charge < -0.3 is 19.8 Å². The standard InChI is InChI=1S/C35H54N4O2Si/c1-24(2)42(25(3)4,26(5)6)41-22-28-16-18-38(19-17-28)35-37-20-27(7)34-15-13-30(21-39(34)35)40-23-29-12-14-33(36)32-11-9-8-10-31(29)32/h8-11,13,15,21,24-26,28-29,33H,12,14,16-20,22-23,36H2,1-7H3/t29-,33-/m0/s1. The minimum absolute atomic E-state index is 0.134. The Labute approximate surface area is 255 Å². The van der Waals surface area contributed by atoms with Gasteiger partial charge in [-0.2, -0.15) is 0 Å². The van der Waals surface area contributed by atoms with Crippen molar-refractivity contribution in [2.75, 3.05) is 32.8 Å². The maximum absolute atomic E-state index is 6.98. The molecule has 1 aromatic rings. The summed E-state index contributed by atoms with van der Waals surface area (Å²) in [5, 5.41) is 0. The molecule has 3 aliphatic heterocycles. The lowest BCUT2D eigenvalue weighted by Gasteiger charge is -2.44. The lowest BCUT2D eigenvalue weighted by molar-refractivity contribution is 0.160. The van der Waals surface area contributed by atoms with Gasteiger partial charge in [-0.15, -0.1) is 0 Å². The monoisotopic (exact) mass is 590 g/mol. The van der Waals surface area contributed by atoms with Crippen molar-refractivity contribution >= 4 is 14.3 Å². The van der Waals surface area contributed by atoms with Gasteiger partial charge in [0.25, 0.3) is 0 Å². The lowest BCUT2D eigenvalue weighted by atomic mass is 9.81. The molecule has 7 heteroatoms. The van der Waals surface area contributed by atoms with E-state index >= 15 is 0 Å². The largest absolute Gasteiger partial charge is 0.491 e. The van der Waals surface area contributed by atoms with Crippen LogP contribution in [-0.2, 0) is 9.16 Å². The Morgan fingerprint density at radius 3 is 2.24 bits per heavy atom. The van der Waals surface area contributed by atoms with Crippen molar-refractivity contribution in [2.24, 2.45) is 16.6 Å². The molecule has 0 bridgehead atoms. The van der Waals surface area contributed by atoms with Crippen molar-refractivity contribution in [2.45, 2.75) is 103 Å². The summed E-state index contributed by atoms with van der Waals surface area (Å²) in [7, 11) is -1.83. The van der Waals surface area contributed by atoms with E-state index < -0.39 is 8.32 Å². The second-order valence-electron chi connectivity index (χ2n) is 13.9. The first-order valence-electron chi connectivity index (χ1n) is 16.4. The Morgan fingerprint density at radius 2 is 1.57 bits per heavy atom. The van der Waals surface area contributed by atoms with E-state index in [1.54, 1.807) is 0 Å². The van der Waals surface area contributed by atoms with Crippen LogP contribution in [0.2, 0.25) is 16.6 Å². The van der Waals surface area contributed by atoms with Gasteiger partial charge >= 0.3 is 0 Å². The molecule has 0 spiro atoms. The molecule has 0 radical (unpaired) electrons. The molecular weight excluding hydrogens is 536 g/mol. The van der Waals surface area contributed by atoms with Crippen LogP contribution in [0, 0.1) is 5.92 Å². The molecule has 5 rings (SSSR count). The van der Waals surface area contributed by atoms with E-state index in [4.69, 9.17) is 19.9 Å². The molecule has 42 heavy (non-hydrogen) atoms. The molecule has 0 saturated carbocycles. The first-order chi connectivity index (χ1) is 20.1. The van der Waals surface area contributed by atoms with Gasteiger partial charge in [0.2, 0.25) is 5.96 Å². The first-order valence-corrected chi connectivity index (χ1v) is 18.5. The van der Waals surface area contributed by atoms with E-state index in [9.17, 15) is 0 Å². The zero-order valence-corrected chi connectivity index (χ0v) is 28.1. The number of rotatable bonds is 9. The number of nitrogens with zero attached hydrogens (tertiary/aromatic N) is 3. The molecule has 6 nitrogen and oxygen atoms in total. The second kappa shape index (κ2) is 13.1. The summed E-state index contributed by atoms with van der Waals surface area (Å²) in [6, 6.07) is 8.74. The van der Waals surface area contributed by atoms with Gasteiger partial charge in [0.15, 0.2) is 8.32 Å². The van der Waals surface area contributed by atoms with Crippen molar-refractivity contribution < 1.29 is 9.16 Å². The van der Waals surface area contributed by atoms with Crippen molar-refractivity contribution in [1.82, 2.24) is 9.80 Å². The van der Waals surface area contributed by atoms with Gasteiger partial charge in [-0.05, 0) is 84.0 Å². The number of nitrogens with two attached hydrogens (primary N) is 1. The highest BCUT2D eigenvalue weighted by Gasteiger charge is 2.45. The molecule has 0 amide bonds. The molecule has 0 unspecified atom stereocenters. The van der Waals surface area contributed by atoms with Crippen LogP contribution in [-0.4, -0.2) is 56.9 Å². The third-order valence-corrected chi connectivity index (χ3v) is 16.4. The van der Waals surface area contributed by atoms with Crippen LogP contribution in [0.15, 0.2) is 64.6 Å². The van der Waals surface area contributed by atoms with Crippen LogP contribution in [0.25, 0.3) is 0 Å². The summed E-state index contributed by atoms with van der Waals surface area (Å²) < 4.78 is 13.4. The number of hydrogen-bond acceptors (Lipinski definition) is 6. The van der Waals surface area contributed by atoms with E-state index in [0.717, 1.165) is 63.6 Å². The maximum atomic E-state index is 6.98. The van der Waals surface area contributed by atoms with Gasteiger partial charge in [-0.25, -0.2) is 4.99 Å². The Balaban J connectivity index is 1.21. The van der Waals surface area contributed by atoms with Crippen LogP contribution in [0.1, 0.15) is 97.2 Å². The van der Waals surface area contributed by atoms with Gasteiger partial charge in [0, 0.05) is 37.4 Å². The van der Waals surface area contributed by atoms with Gasteiger partial charge in [-0.3, -0.25) is 4.90 Å². The minimum Gasteiger partial charge on any atom is -0.491 e. The topological polar surface area (TPSA) is 63.3 Å². The van der Waals surface area contributed by atoms with Crippen molar-refractivity contribution in [3.05, 3.63) is 70.8 Å². The van der Waals surface area contributed by atoms with Crippen LogP contribution in [0.3, 0.4) is 0 Å². The third kappa shape index (κ3) is 6.15. The first kappa shape index (κ1) is 31.1. The summed E-state index contributed by atoms with van der Waals surface area (Å²) in [6.45, 7) is 20.8. The van der Waals surface area contributed by atoms with Gasteiger partial charge in [-0.1, -0.05) is 65.8 Å². The highest BCUT2D eigenvalue weighted by atomic mass is 28.4. The molecule has 4 aliphatic rings. The van der Waals surface area contributed by atoms with Crippen molar-refractivity contribution in [1.29, 1.82) is 0 Å². The Bertz CT molecular complexity index is 1200. The normalized spacial score (nSPS) is 23.4. The fraction of sp³-hybridized carbons (Fsp3) is 0.629. The van der Waals surface area contributed by atoms with Crippen LogP contribution >= 0.6 is 0 Å². The molecular formula is C35H54N4O2Si. The molecule has 0 aromatic heterocycles. The molecule has 1 aliphatic carbocycles. The predicted molar refractivity (Wildman–Crippen MR) is 177 cm³/mol. The second-order valence-corrected chi connectivity index (χ2v) is 19.4. The summed E-state index contributed by atoms with van der Waals surface area (Å²) in [5.74, 6) is 2.94. The maximum Gasteiger partial charge on any atom is 0.205 e. The Hall–Kier alpha value is -2.35. The van der Waals surface area contributed by atoms with Gasteiger partial charge in [0.05, 0.1) is 19.4 Å². The Kier molecular flexibility index (Phi) is 9.70. The molecule has 1 aromatic carbocycles. The number of aliphatic imine (C=N–C) groups is 1. The van der Waals surface area contributed by atoms with E-state index in [1.807, 2.05) is 0 Å². The fourth-order valence-corrected chi connectivity index (χ4v) is 13.5. The zero-order chi connectivity index (χ0) is 30.0. The summed E-state index contributed by atoms with van der Waals surface area (Å²) in [6.07, 6.45) is 10.8. The SMILES string of the molecule is CC1=C2C=CC(OC[C@@H]3CC[C@H](N)c4ccccc43)=CN2C(N2CCC(CO[Si](C(C)C)(C(C)C)C(C)C)CC2)=NC1. The number of fused-ring (bicyclic) bond motifs is 2. The molecule has 2 N–H and O–H groups in total. The van der Waals surface area contributed by atoms with E-state index in [-0.39, 0.29) is 6.04 Å². The fourth-order valence-electron chi connectivity index (χ4n) is 8.02. The van der Waals surface area contributed by atoms with E-state index in [1.165, 1.54) is 22.4 Å². The van der Waals surface area contributed by atoms with Crippen molar-refractivity contribution in [3.63, 3.8) is 0 Å². The summed E-state index contributed by atoms with van der Waals surface area (Å²) >= 11 is 0. The molecule has 2 atom stereocenters. The lowest BCUT2D eigenvalue weighted by Crippen LogP contribution is -2.50. The molecule has 1 saturated heterocycles. The number of benzene rings is 1. The van der Waals surface area contributed by atoms with Gasteiger partial charge in [0.1, 0.15) is 5.76 Å². The average molecular weight is 591 g/mol. The highest BCUT2D eigenvalue weighted by Crippen LogP contribution is 2.43. The van der Waals surface area contributed by atoms with Crippen LogP contribution in [0.4, 0.5) is 0 Å². The third-order valence-electron chi connectivity index (χ3n) is 10.3. The molecule has 1 fully saturated rings. The van der Waals surface area contributed by atoms with Crippen LogP contribution in [0.5, 0.6) is 0 Å². The minimum atomic E-state index is -1.83. The van der Waals surface area contributed by atoms with Crippen LogP contribution < -0.4 is 5.73 Å². The number of allylic oxidation sites excluding steroid dienone is 2. The van der Waals surface area contributed by atoms with Crippen molar-refractivity contribution in [3.8, 4) is 0 Å². The Morgan fingerprint density at radius 1 is 0.905 bits per heavy atom. The molecule has 230 valence electrons. The number of piperidine rings is 1. The number of ether oxygens (including phenoxy) is 1. The summed E-state index contributed by atoms with van der Waals surface area (Å²) in [5.41, 5.74) is 13.4. The smallest absolute Gasteiger partial charge is 0.205 e. The average Bonchev–Trinajstić information content (AvgIpc) is 2.97. The predicted octanol–water partition coefficient (Wildman–Crippen LogP) is 7.84. The quantitative estimate of drug-likeness (QED) is 0.297. The molecule has 3 heterocycles. The summed E-state index contributed by atoms with van der Waals surface area (Å²) in [4.78, 5) is 9.81. The van der Waals surface area contributed by atoms with E-state index in [0.29, 0.717) is 35.1 Å². The number of guanidine groups is 1. The van der Waals surface area contributed by atoms with E-state index in [2.05, 4.69) is 101 Å². The highest BCUT2D eigenvalue weighted by molar-refractivity contribution is 6.77. The number of likely N-dealkylation sites (tertiary alicyclic amines) is 1.